The van der Waals surface area contributed by atoms with Gasteiger partial charge in [0, 0.05) is 11.3 Å². The van der Waals surface area contributed by atoms with E-state index in [1.54, 1.807) is 12.1 Å². The van der Waals surface area contributed by atoms with Crippen molar-refractivity contribution in [1.82, 2.24) is 10.2 Å². The molecule has 5 nitrogen and oxygen atoms in total. The predicted molar refractivity (Wildman–Crippen MR) is 97.5 cm³/mol. The minimum absolute atomic E-state index is 0.0107. The van der Waals surface area contributed by atoms with Gasteiger partial charge in [0.05, 0.1) is 5.75 Å². The number of ketones is 1. The third-order valence-corrected chi connectivity index (χ3v) is 5.16. The van der Waals surface area contributed by atoms with Gasteiger partial charge >= 0.3 is 0 Å². The zero-order valence-corrected chi connectivity index (χ0v) is 14.5. The van der Waals surface area contributed by atoms with Gasteiger partial charge in [-0.25, -0.2) is 0 Å². The summed E-state index contributed by atoms with van der Waals surface area (Å²) < 4.78 is 0.734. The van der Waals surface area contributed by atoms with Gasteiger partial charge in [-0.05, 0) is 48.9 Å². The average Bonchev–Trinajstić information content (AvgIpc) is 3.01. The van der Waals surface area contributed by atoms with Crippen molar-refractivity contribution in [1.29, 1.82) is 0 Å². The molecule has 0 atom stereocenters. The monoisotopic (exact) mass is 357 g/mol. The number of carbonyl (C=O) groups is 1. The predicted octanol–water partition coefficient (Wildman–Crippen LogP) is 4.27. The number of nitrogens with one attached hydrogen (secondary N) is 1. The fourth-order valence-corrected chi connectivity index (χ4v) is 3.69. The zero-order valence-electron chi connectivity index (χ0n) is 12.9. The second kappa shape index (κ2) is 7.46. The number of anilines is 2. The topological polar surface area (TPSA) is 75.1 Å². The number of hydrogen-bond donors (Lipinski definition) is 2. The minimum atomic E-state index is -0.0107. The maximum atomic E-state index is 12.1. The second-order valence-electron chi connectivity index (χ2n) is 5.13. The molecule has 24 heavy (non-hydrogen) atoms. The first-order chi connectivity index (χ1) is 11.6. The summed E-state index contributed by atoms with van der Waals surface area (Å²) in [5, 5.41) is 21.3. The molecule has 3 rings (SSSR count). The maximum absolute atomic E-state index is 12.1. The van der Waals surface area contributed by atoms with E-state index in [0.29, 0.717) is 10.7 Å². The molecule has 7 heteroatoms. The van der Waals surface area contributed by atoms with Gasteiger partial charge < -0.3 is 10.4 Å². The van der Waals surface area contributed by atoms with Crippen LogP contribution >= 0.6 is 23.1 Å². The third kappa shape index (κ3) is 4.33. The molecule has 3 aromatic rings. The zero-order chi connectivity index (χ0) is 16.9. The molecule has 0 aliphatic rings. The lowest BCUT2D eigenvalue weighted by atomic mass is 10.1. The Bertz CT molecular complexity index is 847. The van der Waals surface area contributed by atoms with Crippen LogP contribution in [0.1, 0.15) is 15.9 Å². The molecule has 0 saturated carbocycles. The first-order valence-electron chi connectivity index (χ1n) is 7.22. The number of aromatic nitrogens is 2. The third-order valence-electron chi connectivity index (χ3n) is 3.19. The Morgan fingerprint density at radius 1 is 1.21 bits per heavy atom. The van der Waals surface area contributed by atoms with E-state index in [1.807, 2.05) is 31.2 Å². The van der Waals surface area contributed by atoms with Crippen LogP contribution in [0.25, 0.3) is 0 Å². The van der Waals surface area contributed by atoms with Gasteiger partial charge in [-0.1, -0.05) is 35.2 Å². The van der Waals surface area contributed by atoms with E-state index in [0.717, 1.165) is 10.0 Å². The number of Topliss-reactive ketones (excluding diaryl/α,β-unsaturated/α-hetero) is 1. The van der Waals surface area contributed by atoms with E-state index < -0.39 is 0 Å². The number of aromatic hydroxyl groups is 1. The van der Waals surface area contributed by atoms with Gasteiger partial charge in [-0.15, -0.1) is 10.2 Å². The molecule has 2 aromatic carbocycles. The van der Waals surface area contributed by atoms with Crippen LogP contribution in [-0.2, 0) is 0 Å². The summed E-state index contributed by atoms with van der Waals surface area (Å²) in [4.78, 5) is 12.1. The van der Waals surface area contributed by atoms with Gasteiger partial charge in [0.1, 0.15) is 5.75 Å². The number of carbonyl (C=O) groups excluding carboxylic acids is 1. The van der Waals surface area contributed by atoms with Crippen molar-refractivity contribution in [3.63, 3.8) is 0 Å². The molecule has 0 saturated heterocycles. The number of phenols is 1. The van der Waals surface area contributed by atoms with Gasteiger partial charge in [0.25, 0.3) is 0 Å². The van der Waals surface area contributed by atoms with E-state index in [2.05, 4.69) is 15.5 Å². The summed E-state index contributed by atoms with van der Waals surface area (Å²) in [6.45, 7) is 2.03. The first kappa shape index (κ1) is 16.5. The molecular weight excluding hydrogens is 342 g/mol. The lowest BCUT2D eigenvalue weighted by molar-refractivity contribution is 0.102. The maximum Gasteiger partial charge on any atom is 0.210 e. The Hall–Kier alpha value is -2.38. The molecule has 1 heterocycles. The molecule has 0 unspecified atom stereocenters. The van der Waals surface area contributed by atoms with E-state index in [-0.39, 0.29) is 17.3 Å². The lowest BCUT2D eigenvalue weighted by Gasteiger charge is -2.02. The number of rotatable bonds is 6. The highest BCUT2D eigenvalue weighted by atomic mass is 32.2. The van der Waals surface area contributed by atoms with Crippen molar-refractivity contribution in [2.24, 2.45) is 0 Å². The molecule has 122 valence electrons. The number of nitrogens with zero attached hydrogens (tertiary/aromatic N) is 2. The van der Waals surface area contributed by atoms with Crippen LogP contribution in [0.3, 0.4) is 0 Å². The molecule has 0 aliphatic heterocycles. The minimum Gasteiger partial charge on any atom is -0.508 e. The molecule has 0 amide bonds. The molecule has 0 bridgehead atoms. The van der Waals surface area contributed by atoms with Crippen molar-refractivity contribution >= 4 is 39.7 Å². The summed E-state index contributed by atoms with van der Waals surface area (Å²) in [5.41, 5.74) is 2.70. The quantitative estimate of drug-likeness (QED) is 0.507. The normalized spacial score (nSPS) is 10.5. The molecular formula is C17H15N3O2S2. The fraction of sp³-hybridized carbons (Fsp3) is 0.118. The van der Waals surface area contributed by atoms with E-state index >= 15 is 0 Å². The van der Waals surface area contributed by atoms with Gasteiger partial charge in [0.2, 0.25) is 5.13 Å². The molecule has 0 aliphatic carbocycles. The molecule has 0 spiro atoms. The summed E-state index contributed by atoms with van der Waals surface area (Å²) in [7, 11) is 0. The SMILES string of the molecule is Cc1cccc(Nc2nnc(SCC(=O)c3ccc(O)cc3)s2)c1. The molecule has 1 aromatic heterocycles. The highest BCUT2D eigenvalue weighted by Crippen LogP contribution is 2.28. The average molecular weight is 357 g/mol. The number of benzene rings is 2. The van der Waals surface area contributed by atoms with Gasteiger partial charge in [-0.3, -0.25) is 4.79 Å². The van der Waals surface area contributed by atoms with Crippen LogP contribution in [-0.4, -0.2) is 26.8 Å². The molecule has 2 N–H and O–H groups in total. The van der Waals surface area contributed by atoms with Crippen LogP contribution in [0.4, 0.5) is 10.8 Å². The Balaban J connectivity index is 1.58. The fourth-order valence-electron chi connectivity index (χ4n) is 2.02. The molecule has 0 fully saturated rings. The van der Waals surface area contributed by atoms with Crippen LogP contribution in [0.5, 0.6) is 5.75 Å². The number of aryl methyl sites for hydroxylation is 1. The standard InChI is InChI=1S/C17H15N3O2S2/c1-11-3-2-4-13(9-11)18-16-19-20-17(24-16)23-10-15(22)12-5-7-14(21)8-6-12/h2-9,21H,10H2,1H3,(H,18,19). The Labute approximate surface area is 147 Å². The van der Waals surface area contributed by atoms with Crippen molar-refractivity contribution in [3.05, 3.63) is 59.7 Å². The molecule has 0 radical (unpaired) electrons. The van der Waals surface area contributed by atoms with E-state index in [1.165, 1.54) is 40.8 Å². The summed E-state index contributed by atoms with van der Waals surface area (Å²) in [5.74, 6) is 0.419. The Morgan fingerprint density at radius 2 is 2.00 bits per heavy atom. The highest BCUT2D eigenvalue weighted by Gasteiger charge is 2.10. The summed E-state index contributed by atoms with van der Waals surface area (Å²) in [6.07, 6.45) is 0. The van der Waals surface area contributed by atoms with Gasteiger partial charge in [0.15, 0.2) is 10.1 Å². The summed E-state index contributed by atoms with van der Waals surface area (Å²) >= 11 is 2.77. The van der Waals surface area contributed by atoms with Crippen LogP contribution in [0.2, 0.25) is 0 Å². The highest BCUT2D eigenvalue weighted by molar-refractivity contribution is 8.01. The number of thioether (sulfide) groups is 1. The first-order valence-corrected chi connectivity index (χ1v) is 9.02. The largest absolute Gasteiger partial charge is 0.508 e. The van der Waals surface area contributed by atoms with Gasteiger partial charge in [-0.2, -0.15) is 0 Å². The lowest BCUT2D eigenvalue weighted by Crippen LogP contribution is -2.01. The smallest absolute Gasteiger partial charge is 0.210 e. The van der Waals surface area contributed by atoms with E-state index in [4.69, 9.17) is 0 Å². The van der Waals surface area contributed by atoms with Crippen LogP contribution < -0.4 is 5.32 Å². The van der Waals surface area contributed by atoms with Crippen LogP contribution in [0, 0.1) is 6.92 Å². The van der Waals surface area contributed by atoms with Crippen molar-refractivity contribution in [3.8, 4) is 5.75 Å². The number of hydrogen-bond acceptors (Lipinski definition) is 7. The Morgan fingerprint density at radius 3 is 2.75 bits per heavy atom. The second-order valence-corrected chi connectivity index (χ2v) is 7.33. The number of phenolic OH excluding ortho intramolecular Hbond substituents is 1. The van der Waals surface area contributed by atoms with Crippen molar-refractivity contribution in [2.75, 3.05) is 11.1 Å². The summed E-state index contributed by atoms with van der Waals surface area (Å²) in [6, 6.07) is 14.2. The van der Waals surface area contributed by atoms with Crippen molar-refractivity contribution in [2.45, 2.75) is 11.3 Å². The Kier molecular flexibility index (Phi) is 5.12. The van der Waals surface area contributed by atoms with E-state index in [9.17, 15) is 9.90 Å². The van der Waals surface area contributed by atoms with Crippen molar-refractivity contribution < 1.29 is 9.90 Å². The van der Waals surface area contributed by atoms with Crippen LogP contribution in [0.15, 0.2) is 52.9 Å².